The average molecular weight is 605 g/mol. The minimum Gasteiger partial charge on any atom is -0.368 e. The molecule has 0 saturated carbocycles. The predicted molar refractivity (Wildman–Crippen MR) is 93.7 cm³/mol. The number of nitrogens with zero attached hydrogens (tertiary/aromatic N) is 3. The van der Waals surface area contributed by atoms with Crippen LogP contribution in [0.2, 0.25) is 0 Å². The van der Waals surface area contributed by atoms with E-state index in [1.807, 2.05) is 0 Å². The van der Waals surface area contributed by atoms with Crippen molar-refractivity contribution in [1.29, 1.82) is 0 Å². The molecule has 0 aliphatic heterocycles. The Morgan fingerprint density at radius 3 is 1.13 bits per heavy atom. The molecular weight excluding hydrogens is 597 g/mol. The monoisotopic (exact) mass is 605 g/mol. The summed E-state index contributed by atoms with van der Waals surface area (Å²) in [7, 11) is 0. The molecule has 220 valence electrons. The van der Waals surface area contributed by atoms with Crippen LogP contribution < -0.4 is 11.5 Å². The van der Waals surface area contributed by atoms with Crippen LogP contribution in [-0.2, 0) is 5.92 Å². The van der Waals surface area contributed by atoms with E-state index in [4.69, 9.17) is 11.5 Å². The standard InChI is InChI=1S/C17H8F17N5/c18-10(19,6-3-1-5(2-4-6)7-37-8(35)39-9(36)38-7)11(20,21)12(22,23)13(24,25)14(26,27)15(28,29)16(30,31)17(32,33)34/h1-4H,(H4,35,36,37,38,39). The molecule has 4 N–H and O–H groups in total. The highest BCUT2D eigenvalue weighted by Crippen LogP contribution is 2.65. The second-order valence-electron chi connectivity index (χ2n) is 7.47. The summed E-state index contributed by atoms with van der Waals surface area (Å²) >= 11 is 0. The van der Waals surface area contributed by atoms with Crippen LogP contribution in [0.3, 0.4) is 0 Å². The van der Waals surface area contributed by atoms with Crippen molar-refractivity contribution >= 4 is 11.9 Å². The number of alkyl halides is 17. The zero-order valence-electron chi connectivity index (χ0n) is 17.7. The molecule has 1 aromatic carbocycles. The Morgan fingerprint density at radius 1 is 0.436 bits per heavy atom. The molecule has 1 aromatic heterocycles. The zero-order chi connectivity index (χ0) is 30.8. The van der Waals surface area contributed by atoms with Gasteiger partial charge >= 0.3 is 47.6 Å². The molecule has 2 rings (SSSR count). The molecule has 0 spiro atoms. The maximum atomic E-state index is 14.3. The third-order valence-electron chi connectivity index (χ3n) is 4.90. The number of nitrogen functional groups attached to an aromatic ring is 2. The second-order valence-corrected chi connectivity index (χ2v) is 7.47. The fourth-order valence-electron chi connectivity index (χ4n) is 2.71. The molecule has 0 atom stereocenters. The van der Waals surface area contributed by atoms with Crippen molar-refractivity contribution in [2.45, 2.75) is 47.6 Å². The van der Waals surface area contributed by atoms with Crippen LogP contribution in [0.4, 0.5) is 86.5 Å². The largest absolute Gasteiger partial charge is 0.460 e. The highest BCUT2D eigenvalue weighted by Gasteiger charge is 2.95. The van der Waals surface area contributed by atoms with Crippen LogP contribution in [0.15, 0.2) is 24.3 Å². The van der Waals surface area contributed by atoms with Gasteiger partial charge in [0.15, 0.2) is 5.82 Å². The minimum absolute atomic E-state index is 0.210. The topological polar surface area (TPSA) is 90.7 Å². The molecule has 0 aliphatic rings. The number of hydrogen-bond acceptors (Lipinski definition) is 5. The van der Waals surface area contributed by atoms with Crippen molar-refractivity contribution in [2.24, 2.45) is 0 Å². The van der Waals surface area contributed by atoms with Crippen LogP contribution >= 0.6 is 0 Å². The van der Waals surface area contributed by atoms with Gasteiger partial charge in [0.1, 0.15) is 0 Å². The molecule has 0 radical (unpaired) electrons. The first-order chi connectivity index (χ1) is 17.1. The van der Waals surface area contributed by atoms with Gasteiger partial charge in [-0.15, -0.1) is 0 Å². The van der Waals surface area contributed by atoms with E-state index in [0.29, 0.717) is 12.1 Å². The molecule has 0 unspecified atom stereocenters. The smallest absolute Gasteiger partial charge is 0.368 e. The summed E-state index contributed by atoms with van der Waals surface area (Å²) in [6, 6.07) is 0.239. The number of rotatable bonds is 8. The van der Waals surface area contributed by atoms with E-state index in [1.54, 1.807) is 0 Å². The number of nitrogens with two attached hydrogens (primary N) is 2. The highest BCUT2D eigenvalue weighted by molar-refractivity contribution is 5.58. The first-order valence-electron chi connectivity index (χ1n) is 9.20. The molecule has 39 heavy (non-hydrogen) atoms. The molecule has 22 heteroatoms. The Labute approximate surface area is 203 Å². The summed E-state index contributed by atoms with van der Waals surface area (Å²) in [6.45, 7) is 0. The molecule has 0 saturated heterocycles. The van der Waals surface area contributed by atoms with Crippen molar-refractivity contribution in [2.75, 3.05) is 11.5 Å². The van der Waals surface area contributed by atoms with Crippen molar-refractivity contribution in [3.63, 3.8) is 0 Å². The molecule has 0 amide bonds. The fraction of sp³-hybridized carbons (Fsp3) is 0.471. The average Bonchev–Trinajstić information content (AvgIpc) is 2.76. The molecule has 1 heterocycles. The Balaban J connectivity index is 2.59. The van der Waals surface area contributed by atoms with Gasteiger partial charge in [-0.25, -0.2) is 0 Å². The van der Waals surface area contributed by atoms with Crippen molar-refractivity contribution in [3.05, 3.63) is 29.8 Å². The minimum atomic E-state index is -8.69. The van der Waals surface area contributed by atoms with Gasteiger partial charge in [0.25, 0.3) is 0 Å². The number of hydrogen-bond donors (Lipinski definition) is 2. The van der Waals surface area contributed by atoms with E-state index in [1.165, 1.54) is 0 Å². The molecule has 0 fully saturated rings. The van der Waals surface area contributed by atoms with Gasteiger partial charge < -0.3 is 11.5 Å². The van der Waals surface area contributed by atoms with Gasteiger partial charge in [0, 0.05) is 11.1 Å². The lowest BCUT2D eigenvalue weighted by atomic mass is 9.87. The van der Waals surface area contributed by atoms with Crippen molar-refractivity contribution < 1.29 is 74.6 Å². The van der Waals surface area contributed by atoms with Crippen LogP contribution in [-0.4, -0.2) is 56.7 Å². The van der Waals surface area contributed by atoms with E-state index >= 15 is 0 Å². The number of halogens is 17. The molecule has 0 aliphatic carbocycles. The molecule has 2 aromatic rings. The quantitative estimate of drug-likeness (QED) is 0.352. The summed E-state index contributed by atoms with van der Waals surface area (Å²) in [6.07, 6.45) is -7.81. The van der Waals surface area contributed by atoms with E-state index in [-0.39, 0.29) is 12.1 Å². The number of benzene rings is 1. The first kappa shape index (κ1) is 31.9. The van der Waals surface area contributed by atoms with Crippen LogP contribution in [0, 0.1) is 0 Å². The summed E-state index contributed by atoms with van der Waals surface area (Å²) in [5.74, 6) is -58.7. The summed E-state index contributed by atoms with van der Waals surface area (Å²) in [4.78, 5) is 10.2. The van der Waals surface area contributed by atoms with Gasteiger partial charge in [-0.3, -0.25) is 0 Å². The fourth-order valence-corrected chi connectivity index (χ4v) is 2.71. The third kappa shape index (κ3) is 4.39. The zero-order valence-corrected chi connectivity index (χ0v) is 17.7. The first-order valence-corrected chi connectivity index (χ1v) is 9.20. The van der Waals surface area contributed by atoms with Crippen LogP contribution in [0.25, 0.3) is 11.4 Å². The van der Waals surface area contributed by atoms with Gasteiger partial charge in [-0.1, -0.05) is 24.3 Å². The molecular formula is C17H8F17N5. The lowest BCUT2D eigenvalue weighted by Crippen LogP contribution is -2.74. The molecule has 5 nitrogen and oxygen atoms in total. The maximum absolute atomic E-state index is 14.3. The Kier molecular flexibility index (Phi) is 7.21. The second kappa shape index (κ2) is 8.83. The third-order valence-corrected chi connectivity index (χ3v) is 4.90. The lowest BCUT2D eigenvalue weighted by Gasteiger charge is -2.42. The van der Waals surface area contributed by atoms with E-state index < -0.39 is 76.5 Å². The van der Waals surface area contributed by atoms with Crippen LogP contribution in [0.5, 0.6) is 0 Å². The van der Waals surface area contributed by atoms with E-state index in [0.717, 1.165) is 0 Å². The predicted octanol–water partition coefficient (Wildman–Crippen LogP) is 6.17. The van der Waals surface area contributed by atoms with Gasteiger partial charge in [0.2, 0.25) is 11.9 Å². The SMILES string of the molecule is Nc1nc(N)nc(-c2ccc(C(F)(F)C(F)(F)C(F)(F)C(F)(F)C(F)(F)C(F)(F)C(F)(F)C(F)(F)F)cc2)n1. The Morgan fingerprint density at radius 2 is 0.769 bits per heavy atom. The normalized spacial score (nSPS) is 15.0. The van der Waals surface area contributed by atoms with Crippen molar-refractivity contribution in [3.8, 4) is 11.4 Å². The van der Waals surface area contributed by atoms with Gasteiger partial charge in [-0.05, 0) is 0 Å². The maximum Gasteiger partial charge on any atom is 0.460 e. The lowest BCUT2D eigenvalue weighted by molar-refractivity contribution is -0.462. The Bertz CT molecular complexity index is 1190. The number of anilines is 2. The van der Waals surface area contributed by atoms with Crippen molar-refractivity contribution in [1.82, 2.24) is 15.0 Å². The van der Waals surface area contributed by atoms with E-state index in [2.05, 4.69) is 15.0 Å². The summed E-state index contributed by atoms with van der Waals surface area (Å²) < 4.78 is 228. The highest BCUT2D eigenvalue weighted by atomic mass is 19.4. The number of aromatic nitrogens is 3. The van der Waals surface area contributed by atoms with Gasteiger partial charge in [0.05, 0.1) is 0 Å². The van der Waals surface area contributed by atoms with Gasteiger partial charge in [-0.2, -0.15) is 89.6 Å². The summed E-state index contributed by atoms with van der Waals surface area (Å²) in [5.41, 5.74) is 7.61. The Hall–Kier alpha value is -3.36. The van der Waals surface area contributed by atoms with E-state index in [9.17, 15) is 74.6 Å². The molecule has 0 bridgehead atoms. The van der Waals surface area contributed by atoms with Crippen LogP contribution in [0.1, 0.15) is 5.56 Å². The summed E-state index contributed by atoms with van der Waals surface area (Å²) in [5, 5.41) is 0.